The lowest BCUT2D eigenvalue weighted by molar-refractivity contribution is -0.153. The Labute approximate surface area is 242 Å². The van der Waals surface area contributed by atoms with Crippen LogP contribution in [0.15, 0.2) is 67.7 Å². The van der Waals surface area contributed by atoms with Crippen LogP contribution in [-0.2, 0) is 22.4 Å². The van der Waals surface area contributed by atoms with Crippen molar-refractivity contribution < 1.29 is 34.8 Å². The number of halogens is 7. The average molecular weight is 680 g/mol. The minimum absolute atomic E-state index is 0.0142. The third kappa shape index (κ3) is 6.14. The normalized spacial score (nSPS) is 15.9. The van der Waals surface area contributed by atoms with E-state index in [9.17, 15) is 34.8 Å². The van der Waals surface area contributed by atoms with Gasteiger partial charge < -0.3 is 4.57 Å². The van der Waals surface area contributed by atoms with Gasteiger partial charge in [0, 0.05) is 21.6 Å². The Bertz CT molecular complexity index is 1690. The van der Waals surface area contributed by atoms with Crippen LogP contribution in [0, 0.1) is 0 Å². The summed E-state index contributed by atoms with van der Waals surface area (Å²) in [6, 6.07) is 11.0. The zero-order valence-corrected chi connectivity index (χ0v) is 24.0. The van der Waals surface area contributed by atoms with E-state index >= 15 is 0 Å². The first-order valence-electron chi connectivity index (χ1n) is 12.2. The van der Waals surface area contributed by atoms with Crippen molar-refractivity contribution in [1.29, 1.82) is 0 Å². The summed E-state index contributed by atoms with van der Waals surface area (Å²) >= 11 is 4.54. The Hall–Kier alpha value is -2.98. The summed E-state index contributed by atoms with van der Waals surface area (Å²) < 4.78 is 114. The highest BCUT2D eigenvalue weighted by molar-refractivity contribution is 9.10. The molecule has 5 rings (SSSR count). The van der Waals surface area contributed by atoms with Gasteiger partial charge in [0.05, 0.1) is 10.6 Å². The number of alkyl halides is 6. The molecule has 16 heteroatoms. The minimum Gasteiger partial charge on any atom is -0.313 e. The number of benzene rings is 2. The molecule has 7 nitrogen and oxygen atoms in total. The fraction of sp³-hybridized carbons (Fsp3) is 0.320. The summed E-state index contributed by atoms with van der Waals surface area (Å²) in [5.74, 6) is -3.78. The zero-order valence-electron chi connectivity index (χ0n) is 20.8. The fourth-order valence-electron chi connectivity index (χ4n) is 4.73. The summed E-state index contributed by atoms with van der Waals surface area (Å²) in [5, 5.41) is 7.16. The lowest BCUT2D eigenvalue weighted by atomic mass is 9.95. The number of hydrogen-bond acceptors (Lipinski definition) is 5. The number of hydrogen-bond donors (Lipinski definition) is 0. The monoisotopic (exact) mass is 679 g/mol. The molecule has 1 aliphatic carbocycles. The molecule has 218 valence electrons. The molecule has 1 saturated carbocycles. The summed E-state index contributed by atoms with van der Waals surface area (Å²) in [5.41, 5.74) is 1.05. The second kappa shape index (κ2) is 11.0. The van der Waals surface area contributed by atoms with E-state index in [1.807, 2.05) is 34.2 Å². The highest BCUT2D eigenvalue weighted by Crippen LogP contribution is 2.36. The second-order valence-electron chi connectivity index (χ2n) is 9.31. The topological polar surface area (TPSA) is 82.1 Å². The molecule has 0 radical (unpaired) electrons. The molecule has 4 aromatic rings. The van der Waals surface area contributed by atoms with Crippen LogP contribution >= 0.6 is 27.3 Å². The molecule has 1 aliphatic rings. The first-order valence-corrected chi connectivity index (χ1v) is 15.3. The van der Waals surface area contributed by atoms with E-state index in [-0.39, 0.29) is 15.4 Å². The predicted octanol–water partition coefficient (Wildman–Crippen LogP) is 7.39. The van der Waals surface area contributed by atoms with Gasteiger partial charge in [0.25, 0.3) is 10.0 Å². The maximum atomic E-state index is 13.4. The quantitative estimate of drug-likeness (QED) is 0.206. The van der Waals surface area contributed by atoms with Crippen LogP contribution in [0.25, 0.3) is 16.9 Å². The number of thiazole rings is 1. The largest absolute Gasteiger partial charge is 0.452 e. The number of nitrogens with zero attached hydrogens (tertiary/aromatic N) is 5. The van der Waals surface area contributed by atoms with Crippen LogP contribution in [-0.4, -0.2) is 27.7 Å². The molecule has 0 aliphatic heterocycles. The highest BCUT2D eigenvalue weighted by Gasteiger charge is 2.45. The number of rotatable bonds is 5. The van der Waals surface area contributed by atoms with E-state index in [1.165, 1.54) is 0 Å². The van der Waals surface area contributed by atoms with Crippen molar-refractivity contribution >= 4 is 37.3 Å². The van der Waals surface area contributed by atoms with Crippen molar-refractivity contribution in [2.45, 2.75) is 55.4 Å². The minimum atomic E-state index is -5.24. The van der Waals surface area contributed by atoms with E-state index in [1.54, 1.807) is 0 Å². The van der Waals surface area contributed by atoms with Crippen LogP contribution in [0.1, 0.15) is 49.8 Å². The maximum absolute atomic E-state index is 13.4. The van der Waals surface area contributed by atoms with E-state index < -0.39 is 44.6 Å². The van der Waals surface area contributed by atoms with Crippen LogP contribution in [0.3, 0.4) is 0 Å². The Morgan fingerprint density at radius 1 is 0.854 bits per heavy atom. The van der Waals surface area contributed by atoms with Gasteiger partial charge in [0.15, 0.2) is 0 Å². The van der Waals surface area contributed by atoms with Gasteiger partial charge in [-0.2, -0.15) is 34.8 Å². The van der Waals surface area contributed by atoms with Crippen molar-refractivity contribution in [2.24, 2.45) is 4.40 Å². The number of aromatic nitrogens is 4. The van der Waals surface area contributed by atoms with E-state index in [0.717, 1.165) is 83.4 Å². The van der Waals surface area contributed by atoms with Crippen LogP contribution in [0.5, 0.6) is 0 Å². The van der Waals surface area contributed by atoms with Crippen molar-refractivity contribution in [3.05, 3.63) is 74.8 Å². The zero-order chi connectivity index (χ0) is 29.6. The van der Waals surface area contributed by atoms with Gasteiger partial charge in [0.1, 0.15) is 0 Å². The Balaban J connectivity index is 1.57. The van der Waals surface area contributed by atoms with Gasteiger partial charge in [0.2, 0.25) is 16.5 Å². The van der Waals surface area contributed by atoms with Crippen LogP contribution in [0.2, 0.25) is 0 Å². The smallest absolute Gasteiger partial charge is 0.313 e. The Morgan fingerprint density at radius 3 is 1.95 bits per heavy atom. The van der Waals surface area contributed by atoms with Crippen molar-refractivity contribution in [3.8, 4) is 16.9 Å². The summed E-state index contributed by atoms with van der Waals surface area (Å²) in [7, 11) is -4.39. The molecule has 0 spiro atoms. The third-order valence-corrected chi connectivity index (χ3v) is 9.35. The molecular formula is C25H20BrF6N5O2S2. The average Bonchev–Trinajstić information content (AvgIpc) is 3.55. The molecule has 0 saturated heterocycles. The maximum Gasteiger partial charge on any atom is 0.452 e. The third-order valence-electron chi connectivity index (χ3n) is 6.58. The first kappa shape index (κ1) is 29.5. The molecule has 0 N–H and O–H groups in total. The molecule has 2 aromatic carbocycles. The molecular weight excluding hydrogens is 660 g/mol. The van der Waals surface area contributed by atoms with Gasteiger partial charge >= 0.3 is 12.4 Å². The SMILES string of the molecule is O=S(=O)(/N=c1/scc(-c2ccc(Br)cc2)n1C1CCCCC1)c1ccc(-n2c(C(F)(F)F)nnc2C(F)(F)F)cc1. The van der Waals surface area contributed by atoms with Gasteiger partial charge in [-0.05, 0) is 54.8 Å². The fourth-order valence-corrected chi connectivity index (χ4v) is 7.17. The molecule has 0 atom stereocenters. The van der Waals surface area contributed by atoms with Crippen LogP contribution in [0.4, 0.5) is 26.3 Å². The predicted molar refractivity (Wildman–Crippen MR) is 142 cm³/mol. The Kier molecular flexibility index (Phi) is 7.93. The summed E-state index contributed by atoms with van der Waals surface area (Å²) in [6.07, 6.45) is -5.78. The first-order chi connectivity index (χ1) is 19.3. The van der Waals surface area contributed by atoms with E-state index in [2.05, 4.69) is 30.5 Å². The standard InChI is InChI=1S/C25H20BrF6N5O2S2/c26-16-8-6-15(7-9-16)20-14-40-23(36(20)17-4-2-1-3-5-17)35-41(38,39)19-12-10-18(11-13-19)37-21(24(27,28)29)33-34-22(37)25(30,31)32/h6-14,17H,1-5H2/b35-23+. The van der Waals surface area contributed by atoms with Crippen molar-refractivity contribution in [1.82, 2.24) is 19.3 Å². The molecule has 1 fully saturated rings. The molecule has 41 heavy (non-hydrogen) atoms. The number of sulfonamides is 1. The second-order valence-corrected chi connectivity index (χ2v) is 12.7. The molecule has 0 unspecified atom stereocenters. The lowest BCUT2D eigenvalue weighted by Gasteiger charge is -2.25. The summed E-state index contributed by atoms with van der Waals surface area (Å²) in [6.45, 7) is 0. The molecule has 2 aromatic heterocycles. The van der Waals surface area contributed by atoms with Gasteiger partial charge in [-0.3, -0.25) is 4.57 Å². The van der Waals surface area contributed by atoms with Gasteiger partial charge in [-0.15, -0.1) is 25.9 Å². The highest BCUT2D eigenvalue weighted by atomic mass is 79.9. The van der Waals surface area contributed by atoms with Gasteiger partial charge in [-0.25, -0.2) is 0 Å². The molecule has 0 bridgehead atoms. The van der Waals surface area contributed by atoms with Gasteiger partial charge in [-0.1, -0.05) is 47.3 Å². The summed E-state index contributed by atoms with van der Waals surface area (Å²) in [4.78, 5) is -0.179. The lowest BCUT2D eigenvalue weighted by Crippen LogP contribution is -2.25. The van der Waals surface area contributed by atoms with Crippen molar-refractivity contribution in [2.75, 3.05) is 0 Å². The van der Waals surface area contributed by atoms with E-state index in [0.29, 0.717) is 0 Å². The van der Waals surface area contributed by atoms with Crippen molar-refractivity contribution in [3.63, 3.8) is 0 Å². The molecule has 2 heterocycles. The van der Waals surface area contributed by atoms with E-state index in [4.69, 9.17) is 0 Å². The van der Waals surface area contributed by atoms with Crippen LogP contribution < -0.4 is 4.80 Å². The Morgan fingerprint density at radius 2 is 1.41 bits per heavy atom. The molecule has 0 amide bonds.